The van der Waals surface area contributed by atoms with Crippen LogP contribution in [0.15, 0.2) is 0 Å². The van der Waals surface area contributed by atoms with E-state index in [1.807, 2.05) is 0 Å². The van der Waals surface area contributed by atoms with Crippen molar-refractivity contribution >= 4 is 22.0 Å². The van der Waals surface area contributed by atoms with Crippen LogP contribution in [0.3, 0.4) is 0 Å². The van der Waals surface area contributed by atoms with E-state index in [4.69, 9.17) is 0 Å². The molecule has 0 spiro atoms. The molecule has 0 aromatic carbocycles. The summed E-state index contributed by atoms with van der Waals surface area (Å²) in [5, 5.41) is 2.49. The molecule has 0 fully saturated rings. The van der Waals surface area contributed by atoms with Crippen molar-refractivity contribution in [3.8, 4) is 0 Å². The van der Waals surface area contributed by atoms with E-state index in [9.17, 15) is 18.0 Å². The van der Waals surface area contributed by atoms with Gasteiger partial charge in [-0.05, 0) is 19.3 Å². The zero-order valence-corrected chi connectivity index (χ0v) is 9.66. The molecular weight excluding hydrogens is 279 g/mol. The maximum absolute atomic E-state index is 11.6. The third kappa shape index (κ3) is 11.5. The summed E-state index contributed by atoms with van der Waals surface area (Å²) in [6.07, 6.45) is -2.93. The van der Waals surface area contributed by atoms with Gasteiger partial charge in [0.1, 0.15) is 6.54 Å². The highest BCUT2D eigenvalue weighted by Gasteiger charge is 2.27. The van der Waals surface area contributed by atoms with Gasteiger partial charge in [0.25, 0.3) is 0 Å². The summed E-state index contributed by atoms with van der Waals surface area (Å²) < 4.78 is 39.4. The number of alkyl halides is 4. The summed E-state index contributed by atoms with van der Waals surface area (Å²) in [4.78, 5) is 10.7. The Morgan fingerprint density at radius 1 is 1.27 bits per heavy atom. The maximum Gasteiger partial charge on any atom is 0.407 e. The molecule has 0 aliphatic heterocycles. The summed E-state index contributed by atoms with van der Waals surface area (Å²) in [7, 11) is 0. The van der Waals surface area contributed by atoms with Crippen LogP contribution in [-0.4, -0.2) is 30.8 Å². The van der Waals surface area contributed by atoms with Gasteiger partial charge < -0.3 is 10.1 Å². The molecule has 0 radical (unpaired) electrons. The molecule has 0 saturated heterocycles. The molecule has 0 aliphatic carbocycles. The third-order valence-corrected chi connectivity index (χ3v) is 2.01. The fraction of sp³-hybridized carbons (Fsp3) is 0.875. The SMILES string of the molecule is O=C(NCC(F)(F)F)OCCCCCBr. The van der Waals surface area contributed by atoms with Crippen LogP contribution in [0.2, 0.25) is 0 Å². The first-order valence-corrected chi connectivity index (χ1v) is 5.61. The van der Waals surface area contributed by atoms with Crippen LogP contribution in [0, 0.1) is 0 Å². The second-order valence-corrected chi connectivity index (χ2v) is 3.65. The molecule has 15 heavy (non-hydrogen) atoms. The van der Waals surface area contributed by atoms with Gasteiger partial charge >= 0.3 is 12.3 Å². The Balaban J connectivity index is 3.34. The number of rotatable bonds is 6. The van der Waals surface area contributed by atoms with E-state index in [-0.39, 0.29) is 6.61 Å². The van der Waals surface area contributed by atoms with Crippen LogP contribution in [0.1, 0.15) is 19.3 Å². The molecule has 0 atom stereocenters. The van der Waals surface area contributed by atoms with E-state index in [1.54, 1.807) is 5.32 Å². The van der Waals surface area contributed by atoms with Crippen molar-refractivity contribution in [1.29, 1.82) is 0 Å². The van der Waals surface area contributed by atoms with Crippen LogP contribution in [0.25, 0.3) is 0 Å². The number of nitrogens with one attached hydrogen (secondary N) is 1. The molecular formula is C8H13BrF3NO2. The molecule has 90 valence electrons. The van der Waals surface area contributed by atoms with E-state index in [1.165, 1.54) is 0 Å². The van der Waals surface area contributed by atoms with E-state index in [0.717, 1.165) is 18.2 Å². The van der Waals surface area contributed by atoms with Gasteiger partial charge in [-0.1, -0.05) is 15.9 Å². The largest absolute Gasteiger partial charge is 0.450 e. The quantitative estimate of drug-likeness (QED) is 0.604. The minimum atomic E-state index is -4.39. The number of unbranched alkanes of at least 4 members (excludes halogenated alkanes) is 2. The summed E-state index contributed by atoms with van der Waals surface area (Å²) >= 11 is 3.23. The average molecular weight is 292 g/mol. The first-order chi connectivity index (χ1) is 6.95. The number of ether oxygens (including phenoxy) is 1. The lowest BCUT2D eigenvalue weighted by Crippen LogP contribution is -2.34. The third-order valence-electron chi connectivity index (χ3n) is 1.44. The number of hydrogen-bond donors (Lipinski definition) is 1. The molecule has 0 aromatic heterocycles. The highest BCUT2D eigenvalue weighted by atomic mass is 79.9. The average Bonchev–Trinajstić information content (AvgIpc) is 2.13. The fourth-order valence-corrected chi connectivity index (χ4v) is 1.16. The van der Waals surface area contributed by atoms with Crippen LogP contribution in [-0.2, 0) is 4.74 Å². The topological polar surface area (TPSA) is 38.3 Å². The first-order valence-electron chi connectivity index (χ1n) is 4.49. The molecule has 0 unspecified atom stereocenters. The lowest BCUT2D eigenvalue weighted by atomic mass is 10.3. The van der Waals surface area contributed by atoms with E-state index >= 15 is 0 Å². The number of carbonyl (C=O) groups excluding carboxylic acids is 1. The molecule has 7 heteroatoms. The normalized spacial score (nSPS) is 11.2. The summed E-state index contributed by atoms with van der Waals surface area (Å²) in [6, 6.07) is 0. The van der Waals surface area contributed by atoms with Crippen LogP contribution in [0.4, 0.5) is 18.0 Å². The molecule has 1 amide bonds. The Labute approximate surface area is 94.5 Å². The van der Waals surface area contributed by atoms with E-state index < -0.39 is 18.8 Å². The zero-order valence-electron chi connectivity index (χ0n) is 8.07. The smallest absolute Gasteiger partial charge is 0.407 e. The van der Waals surface area contributed by atoms with Gasteiger partial charge in [0.15, 0.2) is 0 Å². The monoisotopic (exact) mass is 291 g/mol. The number of carbonyl (C=O) groups is 1. The first kappa shape index (κ1) is 14.5. The van der Waals surface area contributed by atoms with Crippen molar-refractivity contribution in [2.45, 2.75) is 25.4 Å². The summed E-state index contributed by atoms with van der Waals surface area (Å²) in [5.41, 5.74) is 0. The standard InChI is InChI=1S/C8H13BrF3NO2/c9-4-2-1-3-5-15-7(14)13-6-8(10,11)12/h1-6H2,(H,13,14). The van der Waals surface area contributed by atoms with Crippen molar-refractivity contribution in [2.24, 2.45) is 0 Å². The van der Waals surface area contributed by atoms with Crippen molar-refractivity contribution in [2.75, 3.05) is 18.5 Å². The Kier molecular flexibility index (Phi) is 7.54. The predicted octanol–water partition coefficient (Wildman–Crippen LogP) is 2.84. The Bertz CT molecular complexity index is 187. The highest BCUT2D eigenvalue weighted by Crippen LogP contribution is 2.12. The molecule has 3 nitrogen and oxygen atoms in total. The number of alkyl carbamates (subject to hydrolysis) is 1. The van der Waals surface area contributed by atoms with Crippen molar-refractivity contribution < 1.29 is 22.7 Å². The van der Waals surface area contributed by atoms with Crippen molar-refractivity contribution in [1.82, 2.24) is 5.32 Å². The Hall–Kier alpha value is -0.460. The number of hydrogen-bond acceptors (Lipinski definition) is 2. The second kappa shape index (κ2) is 7.78. The van der Waals surface area contributed by atoms with E-state index in [2.05, 4.69) is 20.7 Å². The zero-order chi connectivity index (χ0) is 11.7. The van der Waals surface area contributed by atoms with Crippen LogP contribution in [0.5, 0.6) is 0 Å². The fourth-order valence-electron chi connectivity index (χ4n) is 0.762. The lowest BCUT2D eigenvalue weighted by Gasteiger charge is -2.08. The van der Waals surface area contributed by atoms with Crippen molar-refractivity contribution in [3.63, 3.8) is 0 Å². The molecule has 0 rings (SSSR count). The molecule has 0 heterocycles. The second-order valence-electron chi connectivity index (χ2n) is 2.85. The Morgan fingerprint density at radius 2 is 1.93 bits per heavy atom. The highest BCUT2D eigenvalue weighted by molar-refractivity contribution is 9.09. The summed E-state index contributed by atoms with van der Waals surface area (Å²) in [5.74, 6) is 0. The lowest BCUT2D eigenvalue weighted by molar-refractivity contribution is -0.123. The molecule has 1 N–H and O–H groups in total. The number of amides is 1. The minimum Gasteiger partial charge on any atom is -0.450 e. The molecule has 0 aromatic rings. The van der Waals surface area contributed by atoms with Gasteiger partial charge in [-0.25, -0.2) is 4.79 Å². The van der Waals surface area contributed by atoms with Gasteiger partial charge in [0, 0.05) is 5.33 Å². The summed E-state index contributed by atoms with van der Waals surface area (Å²) in [6.45, 7) is -1.20. The van der Waals surface area contributed by atoms with Crippen LogP contribution < -0.4 is 5.32 Å². The van der Waals surface area contributed by atoms with Gasteiger partial charge in [-0.3, -0.25) is 0 Å². The minimum absolute atomic E-state index is 0.149. The molecule has 0 saturated carbocycles. The Morgan fingerprint density at radius 3 is 2.47 bits per heavy atom. The predicted molar refractivity (Wildman–Crippen MR) is 53.1 cm³/mol. The van der Waals surface area contributed by atoms with Gasteiger partial charge in [0.05, 0.1) is 6.61 Å². The van der Waals surface area contributed by atoms with E-state index in [0.29, 0.717) is 6.42 Å². The van der Waals surface area contributed by atoms with Crippen molar-refractivity contribution in [3.05, 3.63) is 0 Å². The molecule has 0 aliphatic rings. The van der Waals surface area contributed by atoms with Gasteiger partial charge in [0.2, 0.25) is 0 Å². The van der Waals surface area contributed by atoms with Gasteiger partial charge in [-0.15, -0.1) is 0 Å². The maximum atomic E-state index is 11.6. The molecule has 0 bridgehead atoms. The van der Waals surface area contributed by atoms with Crippen LogP contribution >= 0.6 is 15.9 Å². The van der Waals surface area contributed by atoms with Gasteiger partial charge in [-0.2, -0.15) is 13.2 Å². The number of halogens is 4.